The van der Waals surface area contributed by atoms with Crippen molar-refractivity contribution < 1.29 is 4.79 Å². The summed E-state index contributed by atoms with van der Waals surface area (Å²) >= 11 is 1.76. The maximum absolute atomic E-state index is 12.5. The van der Waals surface area contributed by atoms with Crippen LogP contribution in [0.5, 0.6) is 0 Å². The predicted octanol–water partition coefficient (Wildman–Crippen LogP) is 4.98. The fraction of sp³-hybridized carbons (Fsp3) is 0.211. The van der Waals surface area contributed by atoms with Gasteiger partial charge in [-0.3, -0.25) is 4.79 Å². The van der Waals surface area contributed by atoms with E-state index in [0.29, 0.717) is 0 Å². The van der Waals surface area contributed by atoms with Crippen LogP contribution >= 0.6 is 11.8 Å². The first-order valence-corrected chi connectivity index (χ1v) is 8.09. The standard InChI is InChI=1S/C19H22OS/c1-5-9-15(7-3)11-17-13-21-14-18(19(17)20)12-16(8-4)10-6-2/h5-12H,1,3,13-14H2,2,4H3/b10-6-,15-9+,16-8+,17-11+,18-12+. The van der Waals surface area contributed by atoms with Crippen LogP contribution in [0.25, 0.3) is 0 Å². The molecule has 0 spiro atoms. The van der Waals surface area contributed by atoms with Gasteiger partial charge in [0.2, 0.25) is 0 Å². The van der Waals surface area contributed by atoms with E-state index in [9.17, 15) is 4.79 Å². The number of hydrogen-bond acceptors (Lipinski definition) is 2. The van der Waals surface area contributed by atoms with Crippen LogP contribution in [-0.2, 0) is 4.79 Å². The van der Waals surface area contributed by atoms with Crippen LogP contribution in [0.4, 0.5) is 0 Å². The smallest absolute Gasteiger partial charge is 0.186 e. The summed E-state index contributed by atoms with van der Waals surface area (Å²) in [6.07, 6.45) is 15.2. The van der Waals surface area contributed by atoms with Crippen LogP contribution in [0.1, 0.15) is 13.8 Å². The molecule has 1 heterocycles. The van der Waals surface area contributed by atoms with Crippen molar-refractivity contribution in [2.45, 2.75) is 13.8 Å². The SMILES string of the molecule is C=C/C=C(C=C)/C=C1\CSC\C(=C/C(/C=C\C)=C/C)C1=O. The lowest BCUT2D eigenvalue weighted by molar-refractivity contribution is -0.112. The molecule has 1 rings (SSSR count). The number of allylic oxidation sites excluding steroid dienone is 10. The fourth-order valence-electron chi connectivity index (χ4n) is 1.96. The Kier molecular flexibility index (Phi) is 7.55. The van der Waals surface area contributed by atoms with Crippen LogP contribution in [0.2, 0.25) is 0 Å². The zero-order valence-electron chi connectivity index (χ0n) is 12.8. The molecular formula is C19H22OS. The van der Waals surface area contributed by atoms with E-state index >= 15 is 0 Å². The van der Waals surface area contributed by atoms with Gasteiger partial charge in [0.05, 0.1) is 0 Å². The van der Waals surface area contributed by atoms with E-state index in [1.54, 1.807) is 23.9 Å². The Morgan fingerprint density at radius 2 is 1.71 bits per heavy atom. The Balaban J connectivity index is 3.09. The molecule has 0 bridgehead atoms. The third-order valence-electron chi connectivity index (χ3n) is 3.02. The first kappa shape index (κ1) is 17.3. The third-order valence-corrected chi connectivity index (χ3v) is 4.05. The summed E-state index contributed by atoms with van der Waals surface area (Å²) in [4.78, 5) is 12.5. The van der Waals surface area contributed by atoms with E-state index in [2.05, 4.69) is 13.2 Å². The van der Waals surface area contributed by atoms with E-state index in [-0.39, 0.29) is 5.78 Å². The molecule has 0 unspecified atom stereocenters. The van der Waals surface area contributed by atoms with Gasteiger partial charge in [0, 0.05) is 22.7 Å². The minimum atomic E-state index is 0.134. The molecule has 0 saturated carbocycles. The van der Waals surface area contributed by atoms with Crippen molar-refractivity contribution >= 4 is 17.5 Å². The highest BCUT2D eigenvalue weighted by Gasteiger charge is 2.20. The fourth-order valence-corrected chi connectivity index (χ4v) is 2.93. The Bertz CT molecular complexity index is 568. The monoisotopic (exact) mass is 298 g/mol. The maximum Gasteiger partial charge on any atom is 0.186 e. The zero-order chi connectivity index (χ0) is 15.7. The minimum absolute atomic E-state index is 0.134. The molecule has 1 aliphatic heterocycles. The molecule has 1 nitrogen and oxygen atoms in total. The Morgan fingerprint density at radius 1 is 1.10 bits per heavy atom. The molecule has 1 fully saturated rings. The van der Waals surface area contributed by atoms with Gasteiger partial charge in [-0.05, 0) is 37.1 Å². The quantitative estimate of drug-likeness (QED) is 0.526. The molecule has 110 valence electrons. The van der Waals surface area contributed by atoms with Gasteiger partial charge in [-0.1, -0.05) is 49.6 Å². The molecule has 0 amide bonds. The Morgan fingerprint density at radius 3 is 2.19 bits per heavy atom. The summed E-state index contributed by atoms with van der Waals surface area (Å²) in [6, 6.07) is 0. The van der Waals surface area contributed by atoms with Crippen molar-refractivity contribution in [1.82, 2.24) is 0 Å². The first-order valence-electron chi connectivity index (χ1n) is 6.94. The summed E-state index contributed by atoms with van der Waals surface area (Å²) in [6.45, 7) is 11.4. The topological polar surface area (TPSA) is 17.1 Å². The molecule has 0 aromatic carbocycles. The Hall–Kier alpha value is -1.80. The average Bonchev–Trinajstić information content (AvgIpc) is 2.49. The number of hydrogen-bond donors (Lipinski definition) is 0. The van der Waals surface area contributed by atoms with Crippen LogP contribution in [-0.4, -0.2) is 17.3 Å². The maximum atomic E-state index is 12.5. The van der Waals surface area contributed by atoms with Crippen molar-refractivity contribution in [3.05, 3.63) is 84.1 Å². The van der Waals surface area contributed by atoms with Gasteiger partial charge in [-0.15, -0.1) is 0 Å². The second-order valence-corrected chi connectivity index (χ2v) is 5.54. The summed E-state index contributed by atoms with van der Waals surface area (Å²) in [7, 11) is 0. The molecule has 0 aromatic heterocycles. The molecule has 1 saturated heterocycles. The number of Topliss-reactive ketones (excluding diaryl/α,β-unsaturated/α-hetero) is 1. The molecule has 0 N–H and O–H groups in total. The molecule has 0 atom stereocenters. The van der Waals surface area contributed by atoms with Crippen LogP contribution in [0.15, 0.2) is 84.1 Å². The van der Waals surface area contributed by atoms with Gasteiger partial charge in [0.25, 0.3) is 0 Å². The summed E-state index contributed by atoms with van der Waals surface area (Å²) < 4.78 is 0. The molecule has 0 radical (unpaired) electrons. The number of rotatable bonds is 5. The van der Waals surface area contributed by atoms with Crippen LogP contribution in [0.3, 0.4) is 0 Å². The lowest BCUT2D eigenvalue weighted by atomic mass is 10.00. The van der Waals surface area contributed by atoms with Gasteiger partial charge in [0.15, 0.2) is 5.78 Å². The zero-order valence-corrected chi connectivity index (χ0v) is 13.6. The minimum Gasteiger partial charge on any atom is -0.289 e. The normalized spacial score (nSPS) is 21.3. The van der Waals surface area contributed by atoms with E-state index in [1.165, 1.54) is 0 Å². The highest BCUT2D eigenvalue weighted by atomic mass is 32.2. The van der Waals surface area contributed by atoms with Gasteiger partial charge >= 0.3 is 0 Å². The molecule has 1 aliphatic rings. The first-order chi connectivity index (χ1) is 10.2. The third kappa shape index (κ3) is 5.24. The molecule has 2 heteroatoms. The van der Waals surface area contributed by atoms with Gasteiger partial charge < -0.3 is 0 Å². The van der Waals surface area contributed by atoms with Crippen molar-refractivity contribution in [2.24, 2.45) is 0 Å². The molecule has 0 aliphatic carbocycles. The highest BCUT2D eigenvalue weighted by molar-refractivity contribution is 7.99. The molecule has 21 heavy (non-hydrogen) atoms. The number of carbonyl (C=O) groups is 1. The van der Waals surface area contributed by atoms with E-state index in [0.717, 1.165) is 33.8 Å². The summed E-state index contributed by atoms with van der Waals surface area (Å²) in [5, 5.41) is 0. The van der Waals surface area contributed by atoms with Crippen molar-refractivity contribution in [3.63, 3.8) is 0 Å². The van der Waals surface area contributed by atoms with Gasteiger partial charge in [0.1, 0.15) is 0 Å². The number of thioether (sulfide) groups is 1. The largest absolute Gasteiger partial charge is 0.289 e. The van der Waals surface area contributed by atoms with E-state index in [1.807, 2.05) is 50.3 Å². The molecule has 0 aromatic rings. The summed E-state index contributed by atoms with van der Waals surface area (Å²) in [5.41, 5.74) is 3.65. The van der Waals surface area contributed by atoms with Crippen molar-refractivity contribution in [3.8, 4) is 0 Å². The lowest BCUT2D eigenvalue weighted by Crippen LogP contribution is -2.16. The predicted molar refractivity (Wildman–Crippen MR) is 95.5 cm³/mol. The van der Waals surface area contributed by atoms with Crippen LogP contribution < -0.4 is 0 Å². The number of ketones is 1. The van der Waals surface area contributed by atoms with E-state index < -0.39 is 0 Å². The second kappa shape index (κ2) is 9.19. The van der Waals surface area contributed by atoms with Gasteiger partial charge in [-0.2, -0.15) is 11.8 Å². The van der Waals surface area contributed by atoms with E-state index in [4.69, 9.17) is 0 Å². The van der Waals surface area contributed by atoms with Gasteiger partial charge in [-0.25, -0.2) is 0 Å². The van der Waals surface area contributed by atoms with Crippen LogP contribution in [0, 0.1) is 0 Å². The van der Waals surface area contributed by atoms with Crippen molar-refractivity contribution in [2.75, 3.05) is 11.5 Å². The average molecular weight is 298 g/mol. The lowest BCUT2D eigenvalue weighted by Gasteiger charge is -2.16. The Labute approximate surface area is 132 Å². The summed E-state index contributed by atoms with van der Waals surface area (Å²) in [5.74, 6) is 1.64. The number of carbonyl (C=O) groups excluding carboxylic acids is 1. The van der Waals surface area contributed by atoms with Crippen molar-refractivity contribution in [1.29, 1.82) is 0 Å². The highest BCUT2D eigenvalue weighted by Crippen LogP contribution is 2.26. The molecular weight excluding hydrogens is 276 g/mol. The second-order valence-electron chi connectivity index (χ2n) is 4.56.